The maximum Gasteiger partial charge on any atom is 0.137 e. The van der Waals surface area contributed by atoms with Gasteiger partial charge in [-0.1, -0.05) is 19.9 Å². The molecule has 2 fully saturated rings. The zero-order valence-electron chi connectivity index (χ0n) is 17.4. The van der Waals surface area contributed by atoms with Crippen LogP contribution in [0.2, 0.25) is 0 Å². The highest BCUT2D eigenvalue weighted by Gasteiger charge is 2.40. The molecule has 3 aliphatic rings. The fourth-order valence-corrected chi connectivity index (χ4v) is 4.94. The highest BCUT2D eigenvalue weighted by molar-refractivity contribution is 5.20. The smallest absolute Gasteiger partial charge is 0.137 e. The maximum atomic E-state index is 5.95. The molecule has 0 spiro atoms. The highest BCUT2D eigenvalue weighted by atomic mass is 16.5. The first-order chi connectivity index (χ1) is 12.9. The van der Waals surface area contributed by atoms with E-state index in [1.807, 2.05) is 6.08 Å². The summed E-state index contributed by atoms with van der Waals surface area (Å²) in [6.07, 6.45) is 12.6. The average molecular weight is 370 g/mol. The summed E-state index contributed by atoms with van der Waals surface area (Å²) in [6, 6.07) is 0.620. The topological polar surface area (TPSA) is 39.9 Å². The van der Waals surface area contributed by atoms with Crippen molar-refractivity contribution in [2.45, 2.75) is 96.1 Å². The molecule has 2 aliphatic carbocycles. The van der Waals surface area contributed by atoms with Crippen molar-refractivity contribution in [3.05, 3.63) is 36.1 Å². The molecule has 2 heterocycles. The lowest BCUT2D eigenvalue weighted by atomic mass is 9.71. The van der Waals surface area contributed by atoms with Crippen LogP contribution in [0, 0.1) is 11.8 Å². The van der Waals surface area contributed by atoms with E-state index in [-0.39, 0.29) is 5.60 Å². The Morgan fingerprint density at radius 2 is 2.00 bits per heavy atom. The van der Waals surface area contributed by atoms with Gasteiger partial charge in [-0.3, -0.25) is 0 Å². The monoisotopic (exact) mass is 369 g/mol. The Hall–Kier alpha value is -1.58. The molecule has 1 aromatic heterocycles. The Balaban J connectivity index is 1.52. The second-order valence-corrected chi connectivity index (χ2v) is 9.92. The van der Waals surface area contributed by atoms with Gasteiger partial charge < -0.3 is 9.30 Å². The highest BCUT2D eigenvalue weighted by Crippen LogP contribution is 2.48. The van der Waals surface area contributed by atoms with Crippen molar-refractivity contribution < 1.29 is 4.74 Å². The van der Waals surface area contributed by atoms with Gasteiger partial charge in [-0.05, 0) is 70.3 Å². The summed E-state index contributed by atoms with van der Waals surface area (Å²) in [5.41, 5.74) is -0.110. The van der Waals surface area contributed by atoms with Gasteiger partial charge in [-0.25, -0.2) is 0 Å². The first-order valence-corrected chi connectivity index (χ1v) is 10.8. The quantitative estimate of drug-likeness (QED) is 0.509. The van der Waals surface area contributed by atoms with Crippen LogP contribution in [-0.2, 0) is 4.74 Å². The molecule has 4 nitrogen and oxygen atoms in total. The van der Waals surface area contributed by atoms with Crippen LogP contribution >= 0.6 is 0 Å². The normalized spacial score (nSPS) is 27.4. The second-order valence-electron chi connectivity index (χ2n) is 9.92. The third kappa shape index (κ3) is 4.00. The van der Waals surface area contributed by atoms with Gasteiger partial charge in [0.1, 0.15) is 17.2 Å². The van der Waals surface area contributed by atoms with Gasteiger partial charge in [0, 0.05) is 24.3 Å². The molecule has 4 heteroatoms. The van der Waals surface area contributed by atoms with Gasteiger partial charge in [0.25, 0.3) is 0 Å². The summed E-state index contributed by atoms with van der Waals surface area (Å²) in [4.78, 5) is 0. The molecule has 1 aliphatic heterocycles. The van der Waals surface area contributed by atoms with Gasteiger partial charge in [0.05, 0.1) is 5.76 Å². The van der Waals surface area contributed by atoms with E-state index in [0.717, 1.165) is 36.3 Å². The minimum Gasteiger partial charge on any atom is -0.488 e. The predicted octanol–water partition coefficient (Wildman–Crippen LogP) is 5.90. The van der Waals surface area contributed by atoms with Crippen LogP contribution in [0.15, 0.2) is 24.5 Å². The molecule has 0 bridgehead atoms. The summed E-state index contributed by atoms with van der Waals surface area (Å²) >= 11 is 0. The lowest BCUT2D eigenvalue weighted by Gasteiger charge is -2.37. The molecule has 148 valence electrons. The van der Waals surface area contributed by atoms with Crippen LogP contribution < -0.4 is 0 Å². The molecule has 1 aromatic rings. The molecule has 0 N–H and O–H groups in total. The number of aromatic nitrogens is 3. The van der Waals surface area contributed by atoms with E-state index in [1.54, 1.807) is 0 Å². The van der Waals surface area contributed by atoms with E-state index in [4.69, 9.17) is 14.9 Å². The summed E-state index contributed by atoms with van der Waals surface area (Å²) in [7, 11) is 0. The average Bonchev–Trinajstić information content (AvgIpc) is 3.27. The number of hydrogen-bond donors (Lipinski definition) is 0. The van der Waals surface area contributed by atoms with Crippen molar-refractivity contribution in [3.8, 4) is 0 Å². The van der Waals surface area contributed by atoms with Gasteiger partial charge in [0.2, 0.25) is 0 Å². The molecule has 0 radical (unpaired) electrons. The molecule has 4 rings (SSSR count). The Bertz CT molecular complexity index is 720. The third-order valence-electron chi connectivity index (χ3n) is 6.23. The lowest BCUT2D eigenvalue weighted by Crippen LogP contribution is -2.31. The molecule has 0 amide bonds. The standard InChI is InChI=1S/C23H35N3O/c1-6-7-17(13-20-14-23(4,5)27-20)21-24-25-22(26(21)19-8-9-19)18-11-16(12-18)10-15(2)3/h6,14-19H,1,7-13H2,2-5H3/t16?,17-,18?/m0/s1. The van der Waals surface area contributed by atoms with Crippen molar-refractivity contribution >= 4 is 0 Å². The number of ether oxygens (including phenoxy) is 1. The van der Waals surface area contributed by atoms with Crippen LogP contribution in [-0.4, -0.2) is 20.4 Å². The predicted molar refractivity (Wildman–Crippen MR) is 109 cm³/mol. The van der Waals surface area contributed by atoms with Crippen molar-refractivity contribution in [1.82, 2.24) is 14.8 Å². The Kier molecular flexibility index (Phi) is 4.94. The van der Waals surface area contributed by atoms with Crippen molar-refractivity contribution in [2.24, 2.45) is 11.8 Å². The van der Waals surface area contributed by atoms with Gasteiger partial charge in [0.15, 0.2) is 0 Å². The Morgan fingerprint density at radius 3 is 2.56 bits per heavy atom. The van der Waals surface area contributed by atoms with Crippen LogP contribution in [0.3, 0.4) is 0 Å². The zero-order chi connectivity index (χ0) is 19.2. The molecule has 0 saturated heterocycles. The summed E-state index contributed by atoms with van der Waals surface area (Å²) in [5.74, 6) is 6.11. The Labute approximate surface area is 164 Å². The van der Waals surface area contributed by atoms with E-state index < -0.39 is 0 Å². The summed E-state index contributed by atoms with van der Waals surface area (Å²) in [5, 5.41) is 9.43. The molecule has 2 saturated carbocycles. The lowest BCUT2D eigenvalue weighted by molar-refractivity contribution is 0.0189. The van der Waals surface area contributed by atoms with Crippen LogP contribution in [0.25, 0.3) is 0 Å². The van der Waals surface area contributed by atoms with Crippen molar-refractivity contribution in [3.63, 3.8) is 0 Å². The molecular formula is C23H35N3O. The van der Waals surface area contributed by atoms with Gasteiger partial charge in [-0.15, -0.1) is 16.8 Å². The third-order valence-corrected chi connectivity index (χ3v) is 6.23. The first-order valence-electron chi connectivity index (χ1n) is 10.8. The van der Waals surface area contributed by atoms with Gasteiger partial charge in [-0.2, -0.15) is 0 Å². The zero-order valence-corrected chi connectivity index (χ0v) is 17.4. The van der Waals surface area contributed by atoms with Gasteiger partial charge >= 0.3 is 0 Å². The fourth-order valence-electron chi connectivity index (χ4n) is 4.94. The molecule has 0 unspecified atom stereocenters. The summed E-state index contributed by atoms with van der Waals surface area (Å²) in [6.45, 7) is 12.9. The van der Waals surface area contributed by atoms with Crippen LogP contribution in [0.5, 0.6) is 0 Å². The molecule has 1 atom stereocenters. The number of nitrogens with zero attached hydrogens (tertiary/aromatic N) is 3. The fraction of sp³-hybridized carbons (Fsp3) is 0.739. The first kappa shape index (κ1) is 18.8. The minimum absolute atomic E-state index is 0.110. The van der Waals surface area contributed by atoms with Crippen LogP contribution in [0.1, 0.15) is 102 Å². The second kappa shape index (κ2) is 7.10. The molecule has 0 aromatic carbocycles. The minimum atomic E-state index is -0.110. The number of allylic oxidation sites excluding steroid dienone is 2. The number of rotatable bonds is 9. The Morgan fingerprint density at radius 1 is 1.30 bits per heavy atom. The largest absolute Gasteiger partial charge is 0.488 e. The molecule has 27 heavy (non-hydrogen) atoms. The van der Waals surface area contributed by atoms with E-state index in [0.29, 0.717) is 17.9 Å². The van der Waals surface area contributed by atoms with E-state index in [2.05, 4.69) is 44.9 Å². The summed E-state index contributed by atoms with van der Waals surface area (Å²) < 4.78 is 8.46. The van der Waals surface area contributed by atoms with Crippen molar-refractivity contribution in [1.29, 1.82) is 0 Å². The SMILES string of the molecule is C=CC[C@@H](CC1=CC(C)(C)O1)c1nnc(C2CC(CC(C)C)C2)n1C1CC1. The van der Waals surface area contributed by atoms with Crippen LogP contribution in [0.4, 0.5) is 0 Å². The number of hydrogen-bond acceptors (Lipinski definition) is 3. The van der Waals surface area contributed by atoms with Crippen molar-refractivity contribution in [2.75, 3.05) is 0 Å². The van der Waals surface area contributed by atoms with E-state index >= 15 is 0 Å². The molecular weight excluding hydrogens is 334 g/mol. The maximum absolute atomic E-state index is 5.95. The van der Waals surface area contributed by atoms with E-state index in [9.17, 15) is 0 Å². The van der Waals surface area contributed by atoms with E-state index in [1.165, 1.54) is 37.9 Å².